The summed E-state index contributed by atoms with van der Waals surface area (Å²) < 4.78 is 5.33. The van der Waals surface area contributed by atoms with E-state index in [9.17, 15) is 9.59 Å². The van der Waals surface area contributed by atoms with Gasteiger partial charge in [0.25, 0.3) is 0 Å². The molecule has 0 saturated carbocycles. The molecule has 2 amide bonds. The number of nitrogens with one attached hydrogen (secondary N) is 1. The minimum atomic E-state index is -0.405. The summed E-state index contributed by atoms with van der Waals surface area (Å²) in [4.78, 5) is 26.7. The van der Waals surface area contributed by atoms with E-state index in [0.29, 0.717) is 23.0 Å². The van der Waals surface area contributed by atoms with Crippen molar-refractivity contribution in [3.63, 3.8) is 0 Å². The number of carbonyl (C=O) groups is 2. The van der Waals surface area contributed by atoms with E-state index in [-0.39, 0.29) is 24.3 Å². The molecule has 1 aliphatic rings. The molecule has 1 N–H and O–H groups in total. The average molecular weight is 373 g/mol. The molecule has 1 heterocycles. The normalized spacial score (nSPS) is 17.9. The van der Waals surface area contributed by atoms with Gasteiger partial charge in [-0.15, -0.1) is 0 Å². The number of ether oxygens (including phenoxy) is 1. The van der Waals surface area contributed by atoms with Crippen molar-refractivity contribution >= 4 is 29.1 Å². The molecule has 136 valence electrons. The lowest BCUT2D eigenvalue weighted by atomic mass is 10.1. The molecule has 2 aromatic carbocycles. The lowest BCUT2D eigenvalue weighted by Gasteiger charge is -2.20. The molecule has 1 saturated heterocycles. The smallest absolute Gasteiger partial charge is 0.227 e. The molecule has 3 rings (SSSR count). The van der Waals surface area contributed by atoms with Crippen LogP contribution in [0.5, 0.6) is 5.75 Å². The van der Waals surface area contributed by atoms with Crippen molar-refractivity contribution in [1.29, 1.82) is 0 Å². The lowest BCUT2D eigenvalue weighted by Crippen LogP contribution is -2.34. The van der Waals surface area contributed by atoms with Gasteiger partial charge in [0.2, 0.25) is 11.8 Å². The highest BCUT2D eigenvalue weighted by atomic mass is 35.5. The summed E-state index contributed by atoms with van der Waals surface area (Å²) in [6.07, 6.45) is 0.170. The predicted octanol–water partition coefficient (Wildman–Crippen LogP) is 3.58. The van der Waals surface area contributed by atoms with Gasteiger partial charge in [-0.25, -0.2) is 0 Å². The zero-order chi connectivity index (χ0) is 18.7. The van der Waals surface area contributed by atoms with Gasteiger partial charge in [-0.2, -0.15) is 0 Å². The minimum absolute atomic E-state index is 0.113. The molecule has 1 fully saturated rings. The number of rotatable bonds is 5. The van der Waals surface area contributed by atoms with Crippen molar-refractivity contribution in [2.24, 2.45) is 5.92 Å². The second kappa shape index (κ2) is 7.79. The SMILES string of the molecule is COc1ccc(Cl)cc1N1CC(C(=O)NC(C)c2ccccc2)CC1=O. The quantitative estimate of drug-likeness (QED) is 0.872. The highest BCUT2D eigenvalue weighted by Crippen LogP contribution is 2.35. The summed E-state index contributed by atoms with van der Waals surface area (Å²) in [7, 11) is 1.54. The average Bonchev–Trinajstić information content (AvgIpc) is 3.04. The molecule has 0 radical (unpaired) electrons. The van der Waals surface area contributed by atoms with Crippen LogP contribution in [0.25, 0.3) is 0 Å². The molecule has 5 nitrogen and oxygen atoms in total. The number of methoxy groups -OCH3 is 1. The second-order valence-corrected chi connectivity index (χ2v) is 6.80. The third-order valence-electron chi connectivity index (χ3n) is 4.59. The molecule has 1 aliphatic heterocycles. The first-order valence-corrected chi connectivity index (χ1v) is 8.86. The molecular formula is C20H21ClN2O3. The van der Waals surface area contributed by atoms with Crippen molar-refractivity contribution in [1.82, 2.24) is 5.32 Å². The van der Waals surface area contributed by atoms with Crippen LogP contribution in [0.2, 0.25) is 5.02 Å². The van der Waals surface area contributed by atoms with Crippen LogP contribution in [0.4, 0.5) is 5.69 Å². The largest absolute Gasteiger partial charge is 0.495 e. The van der Waals surface area contributed by atoms with Gasteiger partial charge in [0, 0.05) is 18.0 Å². The Labute approximate surface area is 157 Å². The van der Waals surface area contributed by atoms with Gasteiger partial charge in [-0.3, -0.25) is 9.59 Å². The summed E-state index contributed by atoms with van der Waals surface area (Å²) >= 11 is 6.06. The molecule has 0 spiro atoms. The molecular weight excluding hydrogens is 352 g/mol. The Bertz CT molecular complexity index is 810. The van der Waals surface area contributed by atoms with Crippen LogP contribution in [-0.2, 0) is 9.59 Å². The lowest BCUT2D eigenvalue weighted by molar-refractivity contribution is -0.126. The molecule has 2 aromatic rings. The Hall–Kier alpha value is -2.53. The zero-order valence-corrected chi connectivity index (χ0v) is 15.5. The monoisotopic (exact) mass is 372 g/mol. The third kappa shape index (κ3) is 3.83. The molecule has 0 aromatic heterocycles. The van der Waals surface area contributed by atoms with E-state index < -0.39 is 5.92 Å². The van der Waals surface area contributed by atoms with Gasteiger partial charge >= 0.3 is 0 Å². The standard InChI is InChI=1S/C20H21ClN2O3/c1-13(14-6-4-3-5-7-14)22-20(25)15-10-19(24)23(12-15)17-11-16(21)8-9-18(17)26-2/h3-9,11,13,15H,10,12H2,1-2H3,(H,22,25). The number of benzene rings is 2. The van der Waals surface area contributed by atoms with Crippen LogP contribution in [0.3, 0.4) is 0 Å². The van der Waals surface area contributed by atoms with Crippen molar-refractivity contribution in [2.45, 2.75) is 19.4 Å². The van der Waals surface area contributed by atoms with Crippen molar-refractivity contribution in [3.8, 4) is 5.75 Å². The first-order chi connectivity index (χ1) is 12.5. The summed E-state index contributed by atoms with van der Waals surface area (Å²) in [5, 5.41) is 3.51. The molecule has 0 bridgehead atoms. The van der Waals surface area contributed by atoms with Gasteiger partial charge in [0.05, 0.1) is 24.8 Å². The Morgan fingerprint density at radius 2 is 2.00 bits per heavy atom. The van der Waals surface area contributed by atoms with Crippen LogP contribution in [0, 0.1) is 5.92 Å². The van der Waals surface area contributed by atoms with Gasteiger partial charge in [-0.05, 0) is 30.7 Å². The summed E-state index contributed by atoms with van der Waals surface area (Å²) in [6.45, 7) is 2.24. The van der Waals surface area contributed by atoms with E-state index in [0.717, 1.165) is 5.56 Å². The van der Waals surface area contributed by atoms with Gasteiger partial charge in [0.15, 0.2) is 0 Å². The van der Waals surface area contributed by atoms with Crippen molar-refractivity contribution in [3.05, 3.63) is 59.1 Å². The topological polar surface area (TPSA) is 58.6 Å². The molecule has 2 atom stereocenters. The Morgan fingerprint density at radius 1 is 1.27 bits per heavy atom. The van der Waals surface area contributed by atoms with E-state index in [1.54, 1.807) is 30.2 Å². The highest BCUT2D eigenvalue weighted by molar-refractivity contribution is 6.31. The number of amides is 2. The van der Waals surface area contributed by atoms with E-state index in [1.165, 1.54) is 0 Å². The van der Waals surface area contributed by atoms with Crippen molar-refractivity contribution < 1.29 is 14.3 Å². The van der Waals surface area contributed by atoms with Gasteiger partial charge in [-0.1, -0.05) is 41.9 Å². The maximum atomic E-state index is 12.6. The highest BCUT2D eigenvalue weighted by Gasteiger charge is 2.36. The Kier molecular flexibility index (Phi) is 5.47. The van der Waals surface area contributed by atoms with Crippen LogP contribution in [0.1, 0.15) is 24.9 Å². The number of halogens is 1. The first kappa shape index (κ1) is 18.3. The molecule has 26 heavy (non-hydrogen) atoms. The van der Waals surface area contributed by atoms with E-state index in [2.05, 4.69) is 5.32 Å². The number of anilines is 1. The predicted molar refractivity (Wildman–Crippen MR) is 101 cm³/mol. The number of nitrogens with zero attached hydrogens (tertiary/aromatic N) is 1. The minimum Gasteiger partial charge on any atom is -0.495 e. The molecule has 6 heteroatoms. The zero-order valence-electron chi connectivity index (χ0n) is 14.7. The maximum Gasteiger partial charge on any atom is 0.227 e. The van der Waals surface area contributed by atoms with E-state index in [1.807, 2.05) is 37.3 Å². The maximum absolute atomic E-state index is 12.6. The van der Waals surface area contributed by atoms with E-state index in [4.69, 9.17) is 16.3 Å². The van der Waals surface area contributed by atoms with Crippen LogP contribution < -0.4 is 15.0 Å². The third-order valence-corrected chi connectivity index (χ3v) is 4.82. The Balaban J connectivity index is 1.71. The summed E-state index contributed by atoms with van der Waals surface area (Å²) in [5.41, 5.74) is 1.62. The van der Waals surface area contributed by atoms with Crippen LogP contribution >= 0.6 is 11.6 Å². The van der Waals surface area contributed by atoms with Crippen LogP contribution in [0.15, 0.2) is 48.5 Å². The van der Waals surface area contributed by atoms with E-state index >= 15 is 0 Å². The number of carbonyl (C=O) groups excluding carboxylic acids is 2. The van der Waals surface area contributed by atoms with Crippen LogP contribution in [-0.4, -0.2) is 25.5 Å². The number of hydrogen-bond donors (Lipinski definition) is 1. The number of hydrogen-bond acceptors (Lipinski definition) is 3. The summed E-state index contributed by atoms with van der Waals surface area (Å²) in [6, 6.07) is 14.7. The fraction of sp³-hybridized carbons (Fsp3) is 0.300. The Morgan fingerprint density at radius 3 is 2.69 bits per heavy atom. The first-order valence-electron chi connectivity index (χ1n) is 8.49. The fourth-order valence-corrected chi connectivity index (χ4v) is 3.31. The molecule has 2 unspecified atom stereocenters. The van der Waals surface area contributed by atoms with Gasteiger partial charge < -0.3 is 15.0 Å². The summed E-state index contributed by atoms with van der Waals surface area (Å²) in [5.74, 6) is -0.0879. The van der Waals surface area contributed by atoms with Crippen molar-refractivity contribution in [2.75, 3.05) is 18.6 Å². The fourth-order valence-electron chi connectivity index (χ4n) is 3.15. The molecule has 0 aliphatic carbocycles. The van der Waals surface area contributed by atoms with Gasteiger partial charge in [0.1, 0.15) is 5.75 Å². The second-order valence-electron chi connectivity index (χ2n) is 6.36.